The van der Waals surface area contributed by atoms with Crippen LogP contribution in [-0.2, 0) is 22.5 Å². The van der Waals surface area contributed by atoms with Crippen LogP contribution in [0.1, 0.15) is 31.9 Å². The zero-order valence-electron chi connectivity index (χ0n) is 19.9. The Balaban J connectivity index is 1.84. The molecule has 0 bridgehead atoms. The van der Waals surface area contributed by atoms with Gasteiger partial charge in [-0.25, -0.2) is 4.79 Å². The fourth-order valence-corrected chi connectivity index (χ4v) is 3.88. The number of fused-ring (bicyclic) bond motifs is 1. The molecule has 0 unspecified atom stereocenters. The van der Waals surface area contributed by atoms with Crippen molar-refractivity contribution in [1.82, 2.24) is 9.80 Å². The Morgan fingerprint density at radius 1 is 1.15 bits per heavy atom. The summed E-state index contributed by atoms with van der Waals surface area (Å²) in [6, 6.07) is 12.6. The van der Waals surface area contributed by atoms with Gasteiger partial charge in [0.25, 0.3) is 0 Å². The number of likely N-dealkylation sites (N-methyl/N-ethyl adjacent to an activating group) is 1. The predicted molar refractivity (Wildman–Crippen MR) is 133 cm³/mol. The van der Waals surface area contributed by atoms with E-state index in [0.717, 1.165) is 22.1 Å². The van der Waals surface area contributed by atoms with Gasteiger partial charge in [-0.2, -0.15) is 0 Å². The number of anilines is 1. The van der Waals surface area contributed by atoms with E-state index in [1.54, 1.807) is 6.07 Å². The Labute approximate surface area is 204 Å². The first-order valence-corrected chi connectivity index (χ1v) is 11.8. The fourth-order valence-electron chi connectivity index (χ4n) is 3.54. The van der Waals surface area contributed by atoms with Crippen LogP contribution in [-0.4, -0.2) is 60.7 Å². The van der Waals surface area contributed by atoms with E-state index in [0.29, 0.717) is 31.0 Å². The van der Waals surface area contributed by atoms with Gasteiger partial charge in [0.2, 0.25) is 5.91 Å². The van der Waals surface area contributed by atoms with Crippen molar-refractivity contribution < 1.29 is 19.1 Å². The molecule has 0 saturated heterocycles. The minimum atomic E-state index is -0.701. The predicted octanol–water partition coefficient (Wildman–Crippen LogP) is 4.69. The largest absolute Gasteiger partial charge is 0.490 e. The molecule has 3 rings (SSSR count). The van der Waals surface area contributed by atoms with Gasteiger partial charge in [0.05, 0.1) is 12.2 Å². The third kappa shape index (κ3) is 6.95. The highest BCUT2D eigenvalue weighted by Gasteiger charge is 2.37. The molecular weight excluding hydrogens is 486 g/mol. The van der Waals surface area contributed by atoms with Crippen molar-refractivity contribution >= 4 is 33.6 Å². The number of hydrogen-bond donors (Lipinski definition) is 1. The Morgan fingerprint density at radius 3 is 2.52 bits per heavy atom. The number of halogens is 1. The Bertz CT molecular complexity index is 1000. The van der Waals surface area contributed by atoms with E-state index < -0.39 is 17.7 Å². The van der Waals surface area contributed by atoms with Crippen molar-refractivity contribution in [2.75, 3.05) is 32.6 Å². The smallest absolute Gasteiger partial charge is 0.411 e. The van der Waals surface area contributed by atoms with Gasteiger partial charge in [0.1, 0.15) is 24.0 Å². The second-order valence-electron chi connectivity index (χ2n) is 9.38. The standard InChI is InChI=1S/C25H32BrN3O4/c1-25(2,3)33-24(31)29-16-18-9-7-6-8-17(18)14-21(29)23(30)27-20-11-10-19(26)15-22(20)32-13-12-28(4)5/h6-11,15,21H,12-14,16H2,1-5H3,(H,27,30)/t21-/m1/s1. The van der Waals surface area contributed by atoms with Gasteiger partial charge < -0.3 is 19.7 Å². The summed E-state index contributed by atoms with van der Waals surface area (Å²) >= 11 is 3.46. The topological polar surface area (TPSA) is 71.1 Å². The number of hydrogen-bond acceptors (Lipinski definition) is 5. The van der Waals surface area contributed by atoms with Crippen LogP contribution in [0.3, 0.4) is 0 Å². The number of benzene rings is 2. The number of nitrogens with one attached hydrogen (secondary N) is 1. The molecular formula is C25H32BrN3O4. The third-order valence-electron chi connectivity index (χ3n) is 5.18. The van der Waals surface area contributed by atoms with Crippen molar-refractivity contribution in [2.45, 2.75) is 45.4 Å². The summed E-state index contributed by atoms with van der Waals surface area (Å²) in [5.74, 6) is 0.287. The van der Waals surface area contributed by atoms with Crippen LogP contribution in [0.5, 0.6) is 5.75 Å². The maximum atomic E-state index is 13.4. The lowest BCUT2D eigenvalue weighted by molar-refractivity contribution is -0.121. The lowest BCUT2D eigenvalue weighted by Gasteiger charge is -2.37. The SMILES string of the molecule is CN(C)CCOc1cc(Br)ccc1NC(=O)[C@H]1Cc2ccccc2CN1C(=O)OC(C)(C)C. The Hall–Kier alpha value is -2.58. The zero-order chi connectivity index (χ0) is 24.2. The highest BCUT2D eigenvalue weighted by molar-refractivity contribution is 9.10. The molecule has 0 radical (unpaired) electrons. The summed E-state index contributed by atoms with van der Waals surface area (Å²) in [5, 5.41) is 2.98. The molecule has 2 amide bonds. The average molecular weight is 518 g/mol. The molecule has 0 saturated carbocycles. The Morgan fingerprint density at radius 2 is 1.85 bits per heavy atom. The highest BCUT2D eigenvalue weighted by Crippen LogP contribution is 2.31. The maximum absolute atomic E-state index is 13.4. The second kappa shape index (κ2) is 10.6. The van der Waals surface area contributed by atoms with Crippen LogP contribution in [0.4, 0.5) is 10.5 Å². The first-order valence-electron chi connectivity index (χ1n) is 11.0. The van der Waals surface area contributed by atoms with Gasteiger partial charge in [-0.3, -0.25) is 9.69 Å². The van der Waals surface area contributed by atoms with Gasteiger partial charge in [-0.1, -0.05) is 40.2 Å². The van der Waals surface area contributed by atoms with Crippen LogP contribution < -0.4 is 10.1 Å². The quantitative estimate of drug-likeness (QED) is 0.601. The molecule has 1 aliphatic rings. The Kier molecular flexibility index (Phi) is 8.02. The van der Waals surface area contributed by atoms with Crippen LogP contribution in [0.25, 0.3) is 0 Å². The first-order chi connectivity index (χ1) is 15.5. The van der Waals surface area contributed by atoms with E-state index >= 15 is 0 Å². The monoisotopic (exact) mass is 517 g/mol. The lowest BCUT2D eigenvalue weighted by atomic mass is 9.93. The van der Waals surface area contributed by atoms with Crippen molar-refractivity contribution in [3.8, 4) is 5.75 Å². The minimum absolute atomic E-state index is 0.282. The number of rotatable bonds is 6. The van der Waals surface area contributed by atoms with E-state index in [9.17, 15) is 9.59 Å². The number of carbonyl (C=O) groups is 2. The number of nitrogens with zero attached hydrogens (tertiary/aromatic N) is 2. The summed E-state index contributed by atoms with van der Waals surface area (Å²) in [6.07, 6.45) is -0.0929. The van der Waals surface area contributed by atoms with Crippen molar-refractivity contribution in [1.29, 1.82) is 0 Å². The minimum Gasteiger partial charge on any atom is -0.490 e. The molecule has 2 aromatic rings. The van der Waals surface area contributed by atoms with Crippen molar-refractivity contribution in [2.24, 2.45) is 0 Å². The van der Waals surface area contributed by atoms with E-state index in [1.165, 1.54) is 4.90 Å². The fraction of sp³-hybridized carbons (Fsp3) is 0.440. The third-order valence-corrected chi connectivity index (χ3v) is 5.67. The summed E-state index contributed by atoms with van der Waals surface area (Å²) < 4.78 is 12.4. The number of ether oxygens (including phenoxy) is 2. The summed E-state index contributed by atoms with van der Waals surface area (Å²) in [5.41, 5.74) is 1.97. The molecule has 1 atom stereocenters. The molecule has 2 aromatic carbocycles. The molecule has 1 aliphatic heterocycles. The molecule has 33 heavy (non-hydrogen) atoms. The molecule has 0 aromatic heterocycles. The second-order valence-corrected chi connectivity index (χ2v) is 10.3. The van der Waals surface area contributed by atoms with Gasteiger partial charge in [0.15, 0.2) is 0 Å². The first kappa shape index (κ1) is 25.1. The van der Waals surface area contributed by atoms with Gasteiger partial charge in [0, 0.05) is 17.4 Å². The van der Waals surface area contributed by atoms with Gasteiger partial charge in [-0.05, 0) is 64.2 Å². The molecule has 8 heteroatoms. The van der Waals surface area contributed by atoms with E-state index in [-0.39, 0.29) is 5.91 Å². The van der Waals surface area contributed by atoms with E-state index in [1.807, 2.05) is 76.2 Å². The van der Waals surface area contributed by atoms with Crippen molar-refractivity contribution in [3.05, 3.63) is 58.1 Å². The molecule has 0 spiro atoms. The van der Waals surface area contributed by atoms with Gasteiger partial charge in [-0.15, -0.1) is 0 Å². The van der Waals surface area contributed by atoms with Crippen LogP contribution in [0.15, 0.2) is 46.9 Å². The van der Waals surface area contributed by atoms with Crippen LogP contribution in [0, 0.1) is 0 Å². The summed E-state index contributed by atoms with van der Waals surface area (Å²) in [4.78, 5) is 30.0. The molecule has 0 aliphatic carbocycles. The molecule has 1 N–H and O–H groups in total. The average Bonchev–Trinajstić information content (AvgIpc) is 2.73. The number of amides is 2. The molecule has 1 heterocycles. The zero-order valence-corrected chi connectivity index (χ0v) is 21.4. The maximum Gasteiger partial charge on any atom is 0.411 e. The van der Waals surface area contributed by atoms with Gasteiger partial charge >= 0.3 is 6.09 Å². The van der Waals surface area contributed by atoms with Crippen molar-refractivity contribution in [3.63, 3.8) is 0 Å². The molecule has 7 nitrogen and oxygen atoms in total. The summed E-state index contributed by atoms with van der Waals surface area (Å²) in [6.45, 7) is 6.99. The molecule has 0 fully saturated rings. The normalized spacial score (nSPS) is 15.7. The number of carbonyl (C=O) groups excluding carboxylic acids is 2. The lowest BCUT2D eigenvalue weighted by Crippen LogP contribution is -2.52. The van der Waals surface area contributed by atoms with Crippen LogP contribution in [0.2, 0.25) is 0 Å². The summed E-state index contributed by atoms with van der Waals surface area (Å²) in [7, 11) is 3.94. The highest BCUT2D eigenvalue weighted by atomic mass is 79.9. The molecule has 178 valence electrons. The van der Waals surface area contributed by atoms with E-state index in [4.69, 9.17) is 9.47 Å². The van der Waals surface area contributed by atoms with Crippen LogP contribution >= 0.6 is 15.9 Å². The van der Waals surface area contributed by atoms with E-state index in [2.05, 4.69) is 21.2 Å².